The van der Waals surface area contributed by atoms with Crippen molar-refractivity contribution in [2.24, 2.45) is 5.92 Å². The van der Waals surface area contributed by atoms with E-state index in [1.54, 1.807) is 36.9 Å². The third-order valence-corrected chi connectivity index (χ3v) is 6.09. The maximum absolute atomic E-state index is 13.5. The standard InChI is InChI=1S/C28H23FN8O/c1-15(2)9-24(38)32-19-10-17(11-30-12-19)21-7-8-22-26(33-21)27(37-36-22)28-34-23-14-31-13-20(25(23)35-28)16-3-5-18(29)6-4-16/h3-8,10-15H,9H2,1-2H3,(H,32,38)(H,34,35)(H,36,37). The van der Waals surface area contributed by atoms with Crippen LogP contribution < -0.4 is 5.32 Å². The summed E-state index contributed by atoms with van der Waals surface area (Å²) in [5.41, 5.74) is 6.99. The molecule has 0 aliphatic rings. The molecule has 38 heavy (non-hydrogen) atoms. The largest absolute Gasteiger partial charge is 0.335 e. The second-order valence-corrected chi connectivity index (χ2v) is 9.45. The third-order valence-electron chi connectivity index (χ3n) is 6.09. The zero-order valence-electron chi connectivity index (χ0n) is 20.7. The number of aromatic amines is 2. The molecule has 0 saturated heterocycles. The number of hydrogen-bond donors (Lipinski definition) is 3. The summed E-state index contributed by atoms with van der Waals surface area (Å²) in [7, 11) is 0. The molecular formula is C28H23FN8O. The smallest absolute Gasteiger partial charge is 0.224 e. The van der Waals surface area contributed by atoms with Gasteiger partial charge in [0.15, 0.2) is 11.5 Å². The summed E-state index contributed by atoms with van der Waals surface area (Å²) in [6.45, 7) is 4.00. The average molecular weight is 507 g/mol. The number of benzene rings is 1. The fourth-order valence-corrected chi connectivity index (χ4v) is 4.34. The Labute approximate surface area is 216 Å². The molecule has 3 N–H and O–H groups in total. The number of aromatic nitrogens is 7. The van der Waals surface area contributed by atoms with Crippen LogP contribution in [0.25, 0.3) is 56.0 Å². The summed E-state index contributed by atoms with van der Waals surface area (Å²) in [6, 6.07) is 11.8. The Hall–Kier alpha value is -4.99. The van der Waals surface area contributed by atoms with E-state index >= 15 is 0 Å². The maximum atomic E-state index is 13.5. The van der Waals surface area contributed by atoms with Crippen LogP contribution in [-0.2, 0) is 4.79 Å². The summed E-state index contributed by atoms with van der Waals surface area (Å²) >= 11 is 0. The first-order valence-electron chi connectivity index (χ1n) is 12.1. The van der Waals surface area contributed by atoms with E-state index in [1.807, 2.05) is 32.0 Å². The molecule has 0 aliphatic carbocycles. The zero-order chi connectivity index (χ0) is 26.2. The second-order valence-electron chi connectivity index (χ2n) is 9.45. The minimum absolute atomic E-state index is 0.0566. The zero-order valence-corrected chi connectivity index (χ0v) is 20.7. The topological polar surface area (TPSA) is 125 Å². The number of carbonyl (C=O) groups excluding carboxylic acids is 1. The SMILES string of the molecule is CC(C)CC(=O)Nc1cncc(-c2ccc3[nH]nc(-c4nc5c(-c6ccc(F)cc6)cncc5[nH]4)c3n2)c1. The van der Waals surface area contributed by atoms with Gasteiger partial charge in [-0.25, -0.2) is 14.4 Å². The molecule has 0 spiro atoms. The van der Waals surface area contributed by atoms with Gasteiger partial charge in [0.05, 0.1) is 40.3 Å². The summed E-state index contributed by atoms with van der Waals surface area (Å²) in [5.74, 6) is 0.426. The molecule has 1 amide bonds. The van der Waals surface area contributed by atoms with E-state index in [9.17, 15) is 9.18 Å². The van der Waals surface area contributed by atoms with Gasteiger partial charge in [0, 0.05) is 29.9 Å². The van der Waals surface area contributed by atoms with Gasteiger partial charge in [-0.1, -0.05) is 26.0 Å². The number of nitrogens with zero attached hydrogens (tertiary/aromatic N) is 5. The average Bonchev–Trinajstić information content (AvgIpc) is 3.52. The molecule has 0 radical (unpaired) electrons. The van der Waals surface area contributed by atoms with Crippen molar-refractivity contribution < 1.29 is 9.18 Å². The highest BCUT2D eigenvalue weighted by Gasteiger charge is 2.17. The van der Waals surface area contributed by atoms with Crippen molar-refractivity contribution >= 4 is 33.7 Å². The van der Waals surface area contributed by atoms with Crippen molar-refractivity contribution in [1.82, 2.24) is 35.1 Å². The molecule has 10 heteroatoms. The summed E-state index contributed by atoms with van der Waals surface area (Å²) in [6.07, 6.45) is 7.15. The molecular weight excluding hydrogens is 483 g/mol. The summed E-state index contributed by atoms with van der Waals surface area (Å²) in [5, 5.41) is 10.4. The van der Waals surface area contributed by atoms with Crippen molar-refractivity contribution in [3.63, 3.8) is 0 Å². The predicted octanol–water partition coefficient (Wildman–Crippen LogP) is 5.75. The molecule has 0 aliphatic heterocycles. The van der Waals surface area contributed by atoms with Gasteiger partial charge in [0.25, 0.3) is 0 Å². The third kappa shape index (κ3) is 4.47. The van der Waals surface area contributed by atoms with Crippen LogP contribution in [0.1, 0.15) is 20.3 Å². The Morgan fingerprint density at radius 2 is 1.74 bits per heavy atom. The van der Waals surface area contributed by atoms with Gasteiger partial charge in [-0.05, 0) is 41.8 Å². The fourth-order valence-electron chi connectivity index (χ4n) is 4.34. The molecule has 6 rings (SSSR count). The molecule has 0 unspecified atom stereocenters. The number of amides is 1. The number of halogens is 1. The number of fused-ring (bicyclic) bond motifs is 2. The number of hydrogen-bond acceptors (Lipinski definition) is 6. The van der Waals surface area contributed by atoms with Crippen LogP contribution in [0.3, 0.4) is 0 Å². The molecule has 9 nitrogen and oxygen atoms in total. The Bertz CT molecular complexity index is 1790. The number of H-pyrrole nitrogens is 2. The van der Waals surface area contributed by atoms with Crippen LogP contribution in [0.5, 0.6) is 0 Å². The van der Waals surface area contributed by atoms with Crippen LogP contribution in [0, 0.1) is 11.7 Å². The van der Waals surface area contributed by atoms with E-state index in [0.717, 1.165) is 27.7 Å². The van der Waals surface area contributed by atoms with E-state index < -0.39 is 0 Å². The molecule has 1 aromatic carbocycles. The molecule has 188 valence electrons. The van der Waals surface area contributed by atoms with Crippen LogP contribution >= 0.6 is 0 Å². The van der Waals surface area contributed by atoms with Gasteiger partial charge in [0.2, 0.25) is 5.91 Å². The van der Waals surface area contributed by atoms with Gasteiger partial charge < -0.3 is 10.3 Å². The van der Waals surface area contributed by atoms with Gasteiger partial charge in [-0.2, -0.15) is 5.10 Å². The van der Waals surface area contributed by atoms with E-state index in [2.05, 4.69) is 30.5 Å². The van der Waals surface area contributed by atoms with E-state index in [-0.39, 0.29) is 17.6 Å². The van der Waals surface area contributed by atoms with E-state index in [0.29, 0.717) is 40.4 Å². The quantitative estimate of drug-likeness (QED) is 0.264. The first-order chi connectivity index (χ1) is 18.4. The lowest BCUT2D eigenvalue weighted by atomic mass is 10.1. The monoisotopic (exact) mass is 506 g/mol. The lowest BCUT2D eigenvalue weighted by Crippen LogP contribution is -2.14. The molecule has 6 aromatic rings. The lowest BCUT2D eigenvalue weighted by Gasteiger charge is -2.08. The minimum Gasteiger partial charge on any atom is -0.335 e. The molecule has 0 fully saturated rings. The Balaban J connectivity index is 1.38. The summed E-state index contributed by atoms with van der Waals surface area (Å²) in [4.78, 5) is 33.8. The first kappa shape index (κ1) is 23.4. The molecule has 5 aromatic heterocycles. The normalized spacial score (nSPS) is 11.5. The second kappa shape index (κ2) is 9.47. The molecule has 0 saturated carbocycles. The predicted molar refractivity (Wildman–Crippen MR) is 143 cm³/mol. The molecule has 0 atom stereocenters. The molecule has 0 bridgehead atoms. The van der Waals surface area contributed by atoms with Gasteiger partial charge >= 0.3 is 0 Å². The van der Waals surface area contributed by atoms with Crippen LogP contribution in [-0.4, -0.2) is 41.0 Å². The van der Waals surface area contributed by atoms with Gasteiger partial charge in [0.1, 0.15) is 11.3 Å². The fraction of sp³-hybridized carbons (Fsp3) is 0.143. The van der Waals surface area contributed by atoms with Crippen molar-refractivity contribution in [2.75, 3.05) is 5.32 Å². The Morgan fingerprint density at radius 3 is 2.55 bits per heavy atom. The number of imidazole rings is 1. The van der Waals surface area contributed by atoms with Crippen molar-refractivity contribution in [2.45, 2.75) is 20.3 Å². The number of carbonyl (C=O) groups is 1. The first-order valence-corrected chi connectivity index (χ1v) is 12.1. The Morgan fingerprint density at radius 1 is 0.921 bits per heavy atom. The Kier molecular flexibility index (Phi) is 5.83. The lowest BCUT2D eigenvalue weighted by molar-refractivity contribution is -0.116. The number of rotatable bonds is 6. The highest BCUT2D eigenvalue weighted by atomic mass is 19.1. The summed E-state index contributed by atoms with van der Waals surface area (Å²) < 4.78 is 13.5. The van der Waals surface area contributed by atoms with Crippen LogP contribution in [0.2, 0.25) is 0 Å². The van der Waals surface area contributed by atoms with E-state index in [1.165, 1.54) is 12.1 Å². The highest BCUT2D eigenvalue weighted by Crippen LogP contribution is 2.31. The van der Waals surface area contributed by atoms with Gasteiger partial charge in [-0.15, -0.1) is 0 Å². The maximum Gasteiger partial charge on any atom is 0.224 e. The highest BCUT2D eigenvalue weighted by molar-refractivity contribution is 5.96. The minimum atomic E-state index is -0.305. The number of nitrogens with one attached hydrogen (secondary N) is 3. The van der Waals surface area contributed by atoms with Gasteiger partial charge in [-0.3, -0.25) is 19.9 Å². The van der Waals surface area contributed by atoms with Crippen molar-refractivity contribution in [3.05, 3.63) is 73.1 Å². The number of pyridine rings is 3. The molecule has 5 heterocycles. The van der Waals surface area contributed by atoms with Crippen LogP contribution in [0.4, 0.5) is 10.1 Å². The van der Waals surface area contributed by atoms with E-state index in [4.69, 9.17) is 9.97 Å². The van der Waals surface area contributed by atoms with Crippen molar-refractivity contribution in [3.8, 4) is 33.9 Å². The van der Waals surface area contributed by atoms with Crippen molar-refractivity contribution in [1.29, 1.82) is 0 Å². The number of anilines is 1. The van der Waals surface area contributed by atoms with Crippen LogP contribution in [0.15, 0.2) is 67.3 Å².